The molecule has 0 saturated carbocycles. The topological polar surface area (TPSA) is 75.4 Å². The van der Waals surface area contributed by atoms with Crippen LogP contribution in [0.1, 0.15) is 0 Å². The quantitative estimate of drug-likeness (QED) is 0.598. The number of halogens is 2. The summed E-state index contributed by atoms with van der Waals surface area (Å²) in [5.74, 6) is -2.30. The molecule has 0 unspecified atom stereocenters. The molecule has 0 aliphatic heterocycles. The van der Waals surface area contributed by atoms with Gasteiger partial charge in [0.2, 0.25) is 0 Å². The van der Waals surface area contributed by atoms with Gasteiger partial charge in [-0.15, -0.1) is 4.83 Å². The summed E-state index contributed by atoms with van der Waals surface area (Å²) < 4.78 is 49.3. The fourth-order valence-corrected chi connectivity index (χ4v) is 2.22. The minimum absolute atomic E-state index is 0.694. The van der Waals surface area contributed by atoms with Crippen molar-refractivity contribution in [2.45, 2.75) is 4.90 Å². The van der Waals surface area contributed by atoms with E-state index < -0.39 is 32.2 Å². The molecule has 0 bridgehead atoms. The normalized spacial score (nSPS) is 12.1. The van der Waals surface area contributed by atoms with Gasteiger partial charge in [-0.2, -0.15) is 0 Å². The van der Waals surface area contributed by atoms with Gasteiger partial charge in [0.05, 0.1) is 0 Å². The van der Waals surface area contributed by atoms with Crippen LogP contribution < -0.4 is 10.6 Å². The van der Waals surface area contributed by atoms with Gasteiger partial charge in [-0.1, -0.05) is 0 Å². The van der Waals surface area contributed by atoms with Gasteiger partial charge >= 0.3 is 0 Å². The third-order valence-corrected chi connectivity index (χ3v) is 3.18. The summed E-state index contributed by atoms with van der Waals surface area (Å²) in [4.78, 5) is 1.32. The Kier molecular flexibility index (Phi) is 3.46. The molecule has 0 spiro atoms. The van der Waals surface area contributed by atoms with E-state index in [-0.39, 0.29) is 0 Å². The number of rotatable bonds is 3. The molecule has 5 nitrogen and oxygen atoms in total. The van der Waals surface area contributed by atoms with Crippen molar-refractivity contribution >= 4 is 15.7 Å². The summed E-state index contributed by atoms with van der Waals surface area (Å²) in [6.45, 7) is 0. The highest BCUT2D eigenvalue weighted by Crippen LogP contribution is 2.22. The predicted octanol–water partition coefficient (Wildman–Crippen LogP) is 0.302. The van der Waals surface area contributed by atoms with E-state index in [1.54, 1.807) is 0 Å². The Hall–Kier alpha value is -1.25. The number of benzene rings is 1. The Labute approximate surface area is 91.9 Å². The first-order valence-corrected chi connectivity index (χ1v) is 5.67. The Balaban J connectivity index is 3.30. The molecule has 90 valence electrons. The molecule has 1 rings (SSSR count). The molecule has 16 heavy (non-hydrogen) atoms. The second-order valence-corrected chi connectivity index (χ2v) is 4.89. The summed E-state index contributed by atoms with van der Waals surface area (Å²) in [7, 11) is -1.24. The lowest BCUT2D eigenvalue weighted by molar-refractivity contribution is 0.363. The summed E-state index contributed by atoms with van der Waals surface area (Å²) in [6, 6.07) is 1.61. The average molecular weight is 251 g/mol. The number of hydrogen-bond acceptors (Lipinski definition) is 4. The van der Waals surface area contributed by atoms with E-state index >= 15 is 0 Å². The lowest BCUT2D eigenvalue weighted by Gasteiger charge is -2.13. The minimum atomic E-state index is -4.08. The second kappa shape index (κ2) is 4.32. The first kappa shape index (κ1) is 12.8. The molecule has 3 N–H and O–H groups in total. The van der Waals surface area contributed by atoms with Crippen molar-refractivity contribution in [2.24, 2.45) is 0 Å². The number of anilines is 1. The minimum Gasteiger partial charge on any atom is -0.394 e. The average Bonchev–Trinajstić information content (AvgIpc) is 2.11. The maximum absolute atomic E-state index is 13.4. The summed E-state index contributed by atoms with van der Waals surface area (Å²) in [5.41, 5.74) is 4.24. The standard InChI is InChI=1S/C8H11F2N3O2S/c1-13(2)12-16(14,15)6-4-3-5(9)8(11)7(6)10/h3-4,12H,11H2,1-2H3. The van der Waals surface area contributed by atoms with Crippen molar-refractivity contribution < 1.29 is 17.2 Å². The van der Waals surface area contributed by atoms with E-state index in [9.17, 15) is 17.2 Å². The molecule has 0 aromatic heterocycles. The van der Waals surface area contributed by atoms with Gasteiger partial charge < -0.3 is 5.73 Å². The molecule has 8 heteroatoms. The Morgan fingerprint density at radius 3 is 2.38 bits per heavy atom. The van der Waals surface area contributed by atoms with Crippen molar-refractivity contribution in [3.63, 3.8) is 0 Å². The molecule has 0 radical (unpaired) electrons. The van der Waals surface area contributed by atoms with Crippen LogP contribution in [0, 0.1) is 11.6 Å². The Morgan fingerprint density at radius 1 is 1.31 bits per heavy atom. The lowest BCUT2D eigenvalue weighted by Crippen LogP contribution is -2.36. The number of nitrogen functional groups attached to an aromatic ring is 1. The van der Waals surface area contributed by atoms with Crippen LogP contribution in [0.3, 0.4) is 0 Å². The molecule has 0 amide bonds. The Bertz CT molecular complexity index is 502. The van der Waals surface area contributed by atoms with Gasteiger partial charge in [-0.25, -0.2) is 22.2 Å². The van der Waals surface area contributed by atoms with Crippen molar-refractivity contribution in [3.05, 3.63) is 23.8 Å². The summed E-state index contributed by atoms with van der Waals surface area (Å²) in [6.07, 6.45) is 0. The fraction of sp³-hybridized carbons (Fsp3) is 0.250. The fourth-order valence-electron chi connectivity index (χ4n) is 1.05. The number of hydrazine groups is 1. The van der Waals surface area contributed by atoms with Crippen LogP contribution in [0.5, 0.6) is 0 Å². The zero-order valence-corrected chi connectivity index (χ0v) is 9.48. The highest BCUT2D eigenvalue weighted by Gasteiger charge is 2.22. The van der Waals surface area contributed by atoms with E-state index in [0.717, 1.165) is 17.1 Å². The number of nitrogens with one attached hydrogen (secondary N) is 1. The summed E-state index contributed by atoms with van der Waals surface area (Å²) in [5, 5.41) is 1.12. The molecule has 1 aromatic carbocycles. The van der Waals surface area contributed by atoms with Gasteiger partial charge in [-0.3, -0.25) is 0 Å². The third kappa shape index (κ3) is 2.46. The number of nitrogens with two attached hydrogens (primary N) is 1. The van der Waals surface area contributed by atoms with Gasteiger partial charge in [0.1, 0.15) is 16.4 Å². The molecule has 1 aromatic rings. The van der Waals surface area contributed by atoms with Crippen LogP contribution in [-0.4, -0.2) is 27.5 Å². The molecule has 0 aliphatic carbocycles. The number of hydrogen-bond donors (Lipinski definition) is 2. The van der Waals surface area contributed by atoms with Crippen LogP contribution in [-0.2, 0) is 10.0 Å². The van der Waals surface area contributed by atoms with Crippen LogP contribution in [0.15, 0.2) is 17.0 Å². The number of nitrogens with zero attached hydrogens (tertiary/aromatic N) is 1. The largest absolute Gasteiger partial charge is 0.394 e. The lowest BCUT2D eigenvalue weighted by atomic mass is 10.3. The van der Waals surface area contributed by atoms with Crippen molar-refractivity contribution in [3.8, 4) is 0 Å². The van der Waals surface area contributed by atoms with Gasteiger partial charge in [0.25, 0.3) is 10.0 Å². The van der Waals surface area contributed by atoms with Gasteiger partial charge in [0, 0.05) is 14.1 Å². The van der Waals surface area contributed by atoms with E-state index in [2.05, 4.69) is 0 Å². The zero-order chi connectivity index (χ0) is 12.5. The predicted molar refractivity (Wildman–Crippen MR) is 54.8 cm³/mol. The maximum Gasteiger partial charge on any atom is 0.256 e. The van der Waals surface area contributed by atoms with Crippen LogP contribution >= 0.6 is 0 Å². The smallest absolute Gasteiger partial charge is 0.256 e. The highest BCUT2D eigenvalue weighted by molar-refractivity contribution is 7.89. The van der Waals surface area contributed by atoms with Crippen molar-refractivity contribution in [1.82, 2.24) is 9.84 Å². The SMILES string of the molecule is CN(C)NS(=O)(=O)c1ccc(F)c(N)c1F. The molecular formula is C8H11F2N3O2S. The second-order valence-electron chi connectivity index (χ2n) is 3.26. The molecule has 0 saturated heterocycles. The summed E-state index contributed by atoms with van der Waals surface area (Å²) >= 11 is 0. The van der Waals surface area contributed by atoms with Gasteiger partial charge in [0.15, 0.2) is 5.82 Å². The first-order valence-electron chi connectivity index (χ1n) is 4.19. The first-order chi connectivity index (χ1) is 7.25. The number of sulfonamides is 1. The third-order valence-electron chi connectivity index (χ3n) is 1.68. The highest BCUT2D eigenvalue weighted by atomic mass is 32.2. The van der Waals surface area contributed by atoms with Crippen LogP contribution in [0.25, 0.3) is 0 Å². The zero-order valence-electron chi connectivity index (χ0n) is 8.66. The van der Waals surface area contributed by atoms with Gasteiger partial charge in [-0.05, 0) is 12.1 Å². The maximum atomic E-state index is 13.4. The van der Waals surface area contributed by atoms with Crippen LogP contribution in [0.2, 0.25) is 0 Å². The monoisotopic (exact) mass is 251 g/mol. The molecule has 0 aliphatic rings. The van der Waals surface area contributed by atoms with Crippen molar-refractivity contribution in [1.29, 1.82) is 0 Å². The van der Waals surface area contributed by atoms with Crippen molar-refractivity contribution in [2.75, 3.05) is 19.8 Å². The van der Waals surface area contributed by atoms with E-state index in [1.165, 1.54) is 14.1 Å². The molecule has 0 atom stereocenters. The molecule has 0 fully saturated rings. The van der Waals surface area contributed by atoms with Crippen LogP contribution in [0.4, 0.5) is 14.5 Å². The van der Waals surface area contributed by atoms with E-state index in [0.29, 0.717) is 0 Å². The van der Waals surface area contributed by atoms with E-state index in [1.807, 2.05) is 4.83 Å². The van der Waals surface area contributed by atoms with E-state index in [4.69, 9.17) is 5.73 Å². The molecule has 0 heterocycles. The molecular weight excluding hydrogens is 240 g/mol. The Morgan fingerprint density at radius 2 is 1.88 bits per heavy atom.